The summed E-state index contributed by atoms with van der Waals surface area (Å²) in [5.41, 5.74) is 3.59. The molecule has 1 saturated carbocycles. The third-order valence-corrected chi connectivity index (χ3v) is 4.81. The molecule has 0 amide bonds. The number of carbonyl (C=O) groups excluding carboxylic acids is 1. The predicted octanol–water partition coefficient (Wildman–Crippen LogP) is 4.64. The average Bonchev–Trinajstić information content (AvgIpc) is 2.41. The Balaban J connectivity index is 1.94. The fraction of sp³-hybridized carbons (Fsp3) is 0.588. The topological polar surface area (TPSA) is 17.1 Å². The molecule has 0 heterocycles. The number of benzene rings is 1. The van der Waals surface area contributed by atoms with Crippen LogP contribution in [0.1, 0.15) is 72.3 Å². The Morgan fingerprint density at radius 2 is 1.83 bits per heavy atom. The Labute approximate surface area is 110 Å². The number of Topliss-reactive ketones (excluding diaryl/α,β-unsaturated/α-hetero) is 1. The van der Waals surface area contributed by atoms with E-state index >= 15 is 0 Å². The molecule has 0 N–H and O–H groups in total. The Morgan fingerprint density at radius 1 is 1.06 bits per heavy atom. The molecular weight excluding hydrogens is 220 g/mol. The summed E-state index contributed by atoms with van der Waals surface area (Å²) in [7, 11) is 0. The Kier molecular flexibility index (Phi) is 3.23. The Bertz CT molecular complexity index is 455. The lowest BCUT2D eigenvalue weighted by Crippen LogP contribution is -2.23. The van der Waals surface area contributed by atoms with Crippen LogP contribution in [0.4, 0.5) is 0 Å². The van der Waals surface area contributed by atoms with Gasteiger partial charge in [-0.1, -0.05) is 37.0 Å². The quantitative estimate of drug-likeness (QED) is 0.701. The zero-order valence-corrected chi connectivity index (χ0v) is 11.2. The lowest BCUT2D eigenvalue weighted by Gasteiger charge is -2.34. The van der Waals surface area contributed by atoms with Crippen molar-refractivity contribution in [2.24, 2.45) is 5.92 Å². The van der Waals surface area contributed by atoms with Crippen LogP contribution in [0, 0.1) is 12.8 Å². The number of fused-ring (bicyclic) bond motifs is 1. The first-order chi connectivity index (χ1) is 8.75. The first-order valence-electron chi connectivity index (χ1n) is 7.39. The molecule has 0 radical (unpaired) electrons. The van der Waals surface area contributed by atoms with E-state index < -0.39 is 0 Å². The molecule has 2 aliphatic carbocycles. The van der Waals surface area contributed by atoms with Gasteiger partial charge in [0.25, 0.3) is 0 Å². The summed E-state index contributed by atoms with van der Waals surface area (Å²) in [5.74, 6) is 1.84. The van der Waals surface area contributed by atoms with Gasteiger partial charge in [-0.2, -0.15) is 0 Å². The van der Waals surface area contributed by atoms with E-state index in [-0.39, 0.29) is 0 Å². The Hall–Kier alpha value is -1.11. The number of hydrogen-bond acceptors (Lipinski definition) is 1. The van der Waals surface area contributed by atoms with Crippen LogP contribution in [-0.4, -0.2) is 5.78 Å². The highest BCUT2D eigenvalue weighted by Gasteiger charge is 2.31. The van der Waals surface area contributed by atoms with Crippen LogP contribution in [0.2, 0.25) is 0 Å². The van der Waals surface area contributed by atoms with Gasteiger partial charge in [0.15, 0.2) is 5.78 Å². The van der Waals surface area contributed by atoms with E-state index in [0.29, 0.717) is 11.7 Å². The van der Waals surface area contributed by atoms with Crippen LogP contribution < -0.4 is 0 Å². The van der Waals surface area contributed by atoms with E-state index in [2.05, 4.69) is 25.1 Å². The fourth-order valence-electron chi connectivity index (χ4n) is 3.84. The highest BCUT2D eigenvalue weighted by atomic mass is 16.1. The van der Waals surface area contributed by atoms with Crippen LogP contribution in [0.15, 0.2) is 18.2 Å². The number of aryl methyl sites for hydroxylation is 1. The fourth-order valence-corrected chi connectivity index (χ4v) is 3.84. The van der Waals surface area contributed by atoms with Crippen molar-refractivity contribution in [2.75, 3.05) is 0 Å². The largest absolute Gasteiger partial charge is 0.294 e. The summed E-state index contributed by atoms with van der Waals surface area (Å²) in [6.45, 7) is 2.08. The minimum absolute atomic E-state index is 0.362. The van der Waals surface area contributed by atoms with Crippen molar-refractivity contribution >= 4 is 5.78 Å². The van der Waals surface area contributed by atoms with Crippen molar-refractivity contribution in [3.8, 4) is 0 Å². The molecule has 0 aromatic heterocycles. The van der Waals surface area contributed by atoms with Gasteiger partial charge in [-0.15, -0.1) is 0 Å². The molecule has 0 aliphatic heterocycles. The van der Waals surface area contributed by atoms with Crippen LogP contribution in [0.25, 0.3) is 0 Å². The lowest BCUT2D eigenvalue weighted by atomic mass is 9.70. The monoisotopic (exact) mass is 242 g/mol. The van der Waals surface area contributed by atoms with Crippen LogP contribution in [0.5, 0.6) is 0 Å². The van der Waals surface area contributed by atoms with Crippen molar-refractivity contribution in [3.63, 3.8) is 0 Å². The normalized spacial score (nSPS) is 24.9. The van der Waals surface area contributed by atoms with Crippen molar-refractivity contribution in [3.05, 3.63) is 34.9 Å². The van der Waals surface area contributed by atoms with Crippen molar-refractivity contribution in [2.45, 2.75) is 57.8 Å². The molecule has 0 unspecified atom stereocenters. The van der Waals surface area contributed by atoms with Gasteiger partial charge in [0.2, 0.25) is 0 Å². The van der Waals surface area contributed by atoms with E-state index in [9.17, 15) is 4.79 Å². The zero-order chi connectivity index (χ0) is 12.5. The molecule has 3 rings (SSSR count). The van der Waals surface area contributed by atoms with Gasteiger partial charge in [0.1, 0.15) is 0 Å². The minimum atomic E-state index is 0.362. The summed E-state index contributed by atoms with van der Waals surface area (Å²) in [4.78, 5) is 12.1. The smallest absolute Gasteiger partial charge is 0.163 e. The molecule has 2 aliphatic rings. The summed E-state index contributed by atoms with van der Waals surface area (Å²) < 4.78 is 0. The number of carbonyl (C=O) groups is 1. The molecule has 0 spiro atoms. The molecule has 1 aromatic carbocycles. The molecule has 1 atom stereocenters. The highest BCUT2D eigenvalue weighted by molar-refractivity contribution is 5.99. The molecule has 1 nitrogen and oxygen atoms in total. The summed E-state index contributed by atoms with van der Waals surface area (Å²) in [5, 5.41) is 0. The first kappa shape index (κ1) is 12.0. The summed E-state index contributed by atoms with van der Waals surface area (Å²) >= 11 is 0. The van der Waals surface area contributed by atoms with Crippen LogP contribution in [0.3, 0.4) is 0 Å². The lowest BCUT2D eigenvalue weighted by molar-refractivity contribution is 0.0957. The second-order valence-corrected chi connectivity index (χ2v) is 6.06. The van der Waals surface area contributed by atoms with Crippen LogP contribution >= 0.6 is 0 Å². The van der Waals surface area contributed by atoms with Crippen LogP contribution in [-0.2, 0) is 0 Å². The van der Waals surface area contributed by atoms with E-state index in [0.717, 1.165) is 24.3 Å². The SMILES string of the molecule is Cc1ccc2c(c1)C(=O)CC[C@H]2C1CCCCC1. The average molecular weight is 242 g/mol. The van der Waals surface area contributed by atoms with Gasteiger partial charge in [0, 0.05) is 12.0 Å². The van der Waals surface area contributed by atoms with Gasteiger partial charge in [0.05, 0.1) is 0 Å². The molecule has 18 heavy (non-hydrogen) atoms. The highest BCUT2D eigenvalue weighted by Crippen LogP contribution is 2.43. The summed E-state index contributed by atoms with van der Waals surface area (Å²) in [6, 6.07) is 6.50. The van der Waals surface area contributed by atoms with E-state index in [1.54, 1.807) is 0 Å². The maximum Gasteiger partial charge on any atom is 0.163 e. The van der Waals surface area contributed by atoms with Crippen molar-refractivity contribution in [1.29, 1.82) is 0 Å². The summed E-state index contributed by atoms with van der Waals surface area (Å²) in [6.07, 6.45) is 8.76. The molecule has 0 bridgehead atoms. The third kappa shape index (κ3) is 2.11. The second kappa shape index (κ2) is 4.87. The Morgan fingerprint density at radius 3 is 2.61 bits per heavy atom. The van der Waals surface area contributed by atoms with Gasteiger partial charge >= 0.3 is 0 Å². The number of rotatable bonds is 1. The van der Waals surface area contributed by atoms with E-state index in [1.807, 2.05) is 0 Å². The van der Waals surface area contributed by atoms with Gasteiger partial charge < -0.3 is 0 Å². The van der Waals surface area contributed by atoms with E-state index in [1.165, 1.54) is 43.2 Å². The van der Waals surface area contributed by atoms with Gasteiger partial charge in [-0.05, 0) is 49.7 Å². The van der Waals surface area contributed by atoms with Gasteiger partial charge in [-0.3, -0.25) is 4.79 Å². The van der Waals surface area contributed by atoms with Gasteiger partial charge in [-0.25, -0.2) is 0 Å². The standard InChI is InChI=1S/C17H22O/c1-12-7-8-15-14(13-5-3-2-4-6-13)9-10-17(18)16(15)11-12/h7-8,11,13-14H,2-6,9-10H2,1H3/t14-/m0/s1. The maximum absolute atomic E-state index is 12.1. The molecule has 1 fully saturated rings. The molecular formula is C17H22O. The number of ketones is 1. The molecule has 1 aromatic rings. The third-order valence-electron chi connectivity index (χ3n) is 4.81. The second-order valence-electron chi connectivity index (χ2n) is 6.06. The molecule has 0 saturated heterocycles. The minimum Gasteiger partial charge on any atom is -0.294 e. The predicted molar refractivity (Wildman–Crippen MR) is 74.1 cm³/mol. The molecule has 1 heteroatoms. The number of hydrogen-bond donors (Lipinski definition) is 0. The maximum atomic E-state index is 12.1. The van der Waals surface area contributed by atoms with Crippen molar-refractivity contribution < 1.29 is 4.79 Å². The van der Waals surface area contributed by atoms with E-state index in [4.69, 9.17) is 0 Å². The zero-order valence-electron chi connectivity index (χ0n) is 11.2. The first-order valence-corrected chi connectivity index (χ1v) is 7.39. The molecule has 96 valence electrons. The van der Waals surface area contributed by atoms with Crippen molar-refractivity contribution in [1.82, 2.24) is 0 Å².